The molecule has 3 rings (SSSR count). The highest BCUT2D eigenvalue weighted by Crippen LogP contribution is 2.20. The summed E-state index contributed by atoms with van der Waals surface area (Å²) in [6.07, 6.45) is 0. The van der Waals surface area contributed by atoms with Gasteiger partial charge in [0.15, 0.2) is 6.61 Å². The highest BCUT2D eigenvalue weighted by molar-refractivity contribution is 7.92. The van der Waals surface area contributed by atoms with E-state index >= 15 is 0 Å². The van der Waals surface area contributed by atoms with Crippen LogP contribution < -0.4 is 14.8 Å². The number of sulfonamides is 1. The quantitative estimate of drug-likeness (QED) is 0.602. The number of halogens is 1. The van der Waals surface area contributed by atoms with Crippen molar-refractivity contribution in [2.75, 3.05) is 50.7 Å². The van der Waals surface area contributed by atoms with E-state index in [-0.39, 0.29) is 17.4 Å². The molecule has 0 spiro atoms. The number of hydrogen-bond acceptors (Lipinski definition) is 6. The first-order chi connectivity index (χ1) is 14.4. The van der Waals surface area contributed by atoms with Crippen LogP contribution in [0.25, 0.3) is 0 Å². The maximum atomic E-state index is 12.5. The summed E-state index contributed by atoms with van der Waals surface area (Å²) < 4.78 is 38.1. The lowest BCUT2D eigenvalue weighted by atomic mass is 10.3. The lowest BCUT2D eigenvalue weighted by Crippen LogP contribution is -2.42. The average molecular weight is 454 g/mol. The Labute approximate surface area is 181 Å². The zero-order valence-electron chi connectivity index (χ0n) is 16.3. The fraction of sp³-hybridized carbons (Fsp3) is 0.350. The summed E-state index contributed by atoms with van der Waals surface area (Å²) in [6.45, 7) is 4.34. The molecule has 1 fully saturated rings. The Balaban J connectivity index is 1.44. The van der Waals surface area contributed by atoms with E-state index in [2.05, 4.69) is 14.9 Å². The minimum atomic E-state index is -3.74. The van der Waals surface area contributed by atoms with Crippen molar-refractivity contribution >= 4 is 33.2 Å². The molecule has 1 aliphatic rings. The van der Waals surface area contributed by atoms with Crippen LogP contribution in [0.5, 0.6) is 5.75 Å². The molecule has 1 heterocycles. The average Bonchev–Trinajstić information content (AvgIpc) is 2.75. The lowest BCUT2D eigenvalue weighted by Gasteiger charge is -2.26. The van der Waals surface area contributed by atoms with Gasteiger partial charge in [0.2, 0.25) is 0 Å². The number of ether oxygens (including phenoxy) is 2. The van der Waals surface area contributed by atoms with Gasteiger partial charge in [0.05, 0.1) is 18.1 Å². The second-order valence-electron chi connectivity index (χ2n) is 6.68. The third-order valence-electron chi connectivity index (χ3n) is 4.45. The van der Waals surface area contributed by atoms with Gasteiger partial charge in [0.25, 0.3) is 15.9 Å². The van der Waals surface area contributed by atoms with Gasteiger partial charge in [0, 0.05) is 36.9 Å². The second-order valence-corrected chi connectivity index (χ2v) is 8.80. The summed E-state index contributed by atoms with van der Waals surface area (Å²) in [6, 6.07) is 12.2. The number of carbonyl (C=O) groups excluding carboxylic acids is 1. The summed E-state index contributed by atoms with van der Waals surface area (Å²) in [4.78, 5) is 14.2. The van der Waals surface area contributed by atoms with Gasteiger partial charge in [-0.25, -0.2) is 8.42 Å². The Hall–Kier alpha value is -2.33. The Kier molecular flexibility index (Phi) is 7.92. The third-order valence-corrected chi connectivity index (χ3v) is 6.10. The number of benzene rings is 2. The number of nitrogens with one attached hydrogen (secondary N) is 2. The normalized spacial score (nSPS) is 14.8. The number of hydrogen-bond donors (Lipinski definition) is 2. The molecule has 2 aromatic rings. The number of morpholine rings is 1. The Bertz CT molecular complexity index is 930. The van der Waals surface area contributed by atoms with Crippen molar-refractivity contribution in [2.24, 2.45) is 0 Å². The first-order valence-corrected chi connectivity index (χ1v) is 11.4. The zero-order chi connectivity index (χ0) is 21.4. The van der Waals surface area contributed by atoms with Gasteiger partial charge in [-0.1, -0.05) is 11.6 Å². The van der Waals surface area contributed by atoms with Crippen molar-refractivity contribution in [1.29, 1.82) is 0 Å². The van der Waals surface area contributed by atoms with Crippen LogP contribution in [0.15, 0.2) is 53.4 Å². The van der Waals surface area contributed by atoms with Crippen molar-refractivity contribution in [1.82, 2.24) is 10.2 Å². The molecule has 0 unspecified atom stereocenters. The van der Waals surface area contributed by atoms with Crippen LogP contribution in [0.1, 0.15) is 0 Å². The fourth-order valence-electron chi connectivity index (χ4n) is 2.83. The summed E-state index contributed by atoms with van der Waals surface area (Å²) in [5.41, 5.74) is 0.411. The van der Waals surface area contributed by atoms with Crippen molar-refractivity contribution in [2.45, 2.75) is 4.90 Å². The van der Waals surface area contributed by atoms with Crippen molar-refractivity contribution in [3.8, 4) is 5.75 Å². The van der Waals surface area contributed by atoms with Gasteiger partial charge in [-0.05, 0) is 48.5 Å². The maximum Gasteiger partial charge on any atom is 0.261 e. The smallest absolute Gasteiger partial charge is 0.261 e. The third kappa shape index (κ3) is 6.88. The zero-order valence-corrected chi connectivity index (χ0v) is 17.9. The largest absolute Gasteiger partial charge is 0.484 e. The van der Waals surface area contributed by atoms with E-state index in [4.69, 9.17) is 21.1 Å². The number of nitrogens with zero attached hydrogens (tertiary/aromatic N) is 1. The SMILES string of the molecule is O=C(COc1ccc(S(=O)(=O)Nc2ccc(Cl)cc2)cc1)NCCN1CCOCC1. The van der Waals surface area contributed by atoms with Crippen LogP contribution in [0.3, 0.4) is 0 Å². The number of rotatable bonds is 9. The van der Waals surface area contributed by atoms with Crippen LogP contribution in [0, 0.1) is 0 Å². The van der Waals surface area contributed by atoms with Crippen LogP contribution in [0.2, 0.25) is 5.02 Å². The fourth-order valence-corrected chi connectivity index (χ4v) is 4.01. The summed E-state index contributed by atoms with van der Waals surface area (Å²) in [5, 5.41) is 3.32. The lowest BCUT2D eigenvalue weighted by molar-refractivity contribution is -0.123. The predicted octanol–water partition coefficient (Wildman–Crippen LogP) is 1.97. The molecule has 0 radical (unpaired) electrons. The van der Waals surface area contributed by atoms with E-state index in [1.54, 1.807) is 24.3 Å². The van der Waals surface area contributed by atoms with E-state index in [1.807, 2.05) is 0 Å². The molecule has 1 aliphatic heterocycles. The van der Waals surface area contributed by atoms with Gasteiger partial charge in [0.1, 0.15) is 5.75 Å². The highest BCUT2D eigenvalue weighted by Gasteiger charge is 2.15. The molecule has 2 aromatic carbocycles. The van der Waals surface area contributed by atoms with Crippen molar-refractivity contribution in [3.63, 3.8) is 0 Å². The molecule has 162 valence electrons. The standard InChI is InChI=1S/C20H24ClN3O5S/c21-16-1-3-17(4-2-16)23-30(26,27)19-7-5-18(6-8-19)29-15-20(25)22-9-10-24-11-13-28-14-12-24/h1-8,23H,9-15H2,(H,22,25). The van der Waals surface area contributed by atoms with Crippen molar-refractivity contribution in [3.05, 3.63) is 53.6 Å². The van der Waals surface area contributed by atoms with Gasteiger partial charge in [-0.3, -0.25) is 14.4 Å². The molecule has 10 heteroatoms. The van der Waals surface area contributed by atoms with Crippen LogP contribution in [-0.4, -0.2) is 65.2 Å². The molecular formula is C20H24ClN3O5S. The molecule has 0 atom stereocenters. The number of anilines is 1. The van der Waals surface area contributed by atoms with E-state index in [0.29, 0.717) is 23.0 Å². The van der Waals surface area contributed by atoms with Crippen LogP contribution in [0.4, 0.5) is 5.69 Å². The van der Waals surface area contributed by atoms with Gasteiger partial charge < -0.3 is 14.8 Å². The van der Waals surface area contributed by atoms with Crippen molar-refractivity contribution < 1.29 is 22.7 Å². The van der Waals surface area contributed by atoms with E-state index in [0.717, 1.165) is 32.8 Å². The molecular weight excluding hydrogens is 430 g/mol. The van der Waals surface area contributed by atoms with E-state index in [1.165, 1.54) is 24.3 Å². The summed E-state index contributed by atoms with van der Waals surface area (Å²) in [7, 11) is -3.74. The molecule has 0 saturated carbocycles. The monoisotopic (exact) mass is 453 g/mol. The minimum absolute atomic E-state index is 0.0831. The van der Waals surface area contributed by atoms with Gasteiger partial charge in [-0.15, -0.1) is 0 Å². The number of amides is 1. The molecule has 8 nitrogen and oxygen atoms in total. The Morgan fingerprint density at radius 2 is 1.73 bits per heavy atom. The second kappa shape index (κ2) is 10.6. The van der Waals surface area contributed by atoms with E-state index in [9.17, 15) is 13.2 Å². The molecule has 0 aliphatic carbocycles. The van der Waals surface area contributed by atoms with Gasteiger partial charge >= 0.3 is 0 Å². The van der Waals surface area contributed by atoms with E-state index < -0.39 is 10.0 Å². The Morgan fingerprint density at radius 1 is 1.07 bits per heavy atom. The topological polar surface area (TPSA) is 97.0 Å². The first-order valence-electron chi connectivity index (χ1n) is 9.50. The molecule has 0 aromatic heterocycles. The summed E-state index contributed by atoms with van der Waals surface area (Å²) in [5.74, 6) is 0.174. The Morgan fingerprint density at radius 3 is 2.40 bits per heavy atom. The van der Waals surface area contributed by atoms with Gasteiger partial charge in [-0.2, -0.15) is 0 Å². The number of carbonyl (C=O) groups is 1. The summed E-state index contributed by atoms with van der Waals surface area (Å²) >= 11 is 5.81. The first kappa shape index (κ1) is 22.4. The molecule has 1 saturated heterocycles. The van der Waals surface area contributed by atoms with Crippen LogP contribution in [-0.2, 0) is 19.6 Å². The molecule has 30 heavy (non-hydrogen) atoms. The maximum absolute atomic E-state index is 12.5. The highest BCUT2D eigenvalue weighted by atomic mass is 35.5. The molecule has 0 bridgehead atoms. The molecule has 1 amide bonds. The van der Waals surface area contributed by atoms with Crippen LogP contribution >= 0.6 is 11.6 Å². The molecule has 2 N–H and O–H groups in total. The minimum Gasteiger partial charge on any atom is -0.484 e. The predicted molar refractivity (Wildman–Crippen MR) is 114 cm³/mol.